The summed E-state index contributed by atoms with van der Waals surface area (Å²) >= 11 is 1.50. The van der Waals surface area contributed by atoms with E-state index >= 15 is 0 Å². The smallest absolute Gasteiger partial charge is 0.329 e. The molecule has 0 radical (unpaired) electrons. The summed E-state index contributed by atoms with van der Waals surface area (Å²) in [5.41, 5.74) is 4.94. The molecule has 0 aromatic carbocycles. The molecule has 23 heavy (non-hydrogen) atoms. The summed E-state index contributed by atoms with van der Waals surface area (Å²) in [5, 5.41) is -13.3. The highest BCUT2D eigenvalue weighted by atomic mass is 127. The van der Waals surface area contributed by atoms with Gasteiger partial charge in [0, 0.05) is 24.1 Å². The third-order valence-electron chi connectivity index (χ3n) is 2.43. The fourth-order valence-electron chi connectivity index (χ4n) is 1.25. The van der Waals surface area contributed by atoms with E-state index in [4.69, 9.17) is 10.3 Å². The Kier molecular flexibility index (Phi) is 7.17. The maximum absolute atomic E-state index is 13.6. The number of nitrogens with two attached hydrogens (primary N) is 1. The molecule has 0 aliphatic rings. The molecule has 0 atom stereocenters. The monoisotopic (exact) mass is 508 g/mol. The lowest BCUT2D eigenvalue weighted by molar-refractivity contribution is -0.246. The van der Waals surface area contributed by atoms with Crippen LogP contribution in [0.25, 0.3) is 0 Å². The molecule has 3 N–H and O–H groups in total. The van der Waals surface area contributed by atoms with Gasteiger partial charge in [-0.2, -0.15) is 39.1 Å². The molecule has 0 aromatic heterocycles. The maximum Gasteiger partial charge on any atom is 0.439 e. The standard InChI is InChI=1S/C7H11F6IN2O5S2/c8-5(9,7(12,13)23(19,20)21)6(10,11)22(17,18)16(3-1-14)4-2-15/h1-4,15H2,(H,19,20,21). The number of halogens is 7. The summed E-state index contributed by atoms with van der Waals surface area (Å²) in [4.78, 5) is 0. The van der Waals surface area contributed by atoms with Crippen molar-refractivity contribution >= 4 is 42.7 Å². The van der Waals surface area contributed by atoms with Crippen LogP contribution in [0.3, 0.4) is 0 Å². The first kappa shape index (κ1) is 23.1. The van der Waals surface area contributed by atoms with E-state index in [9.17, 15) is 43.2 Å². The van der Waals surface area contributed by atoms with Crippen molar-refractivity contribution < 1.29 is 47.7 Å². The van der Waals surface area contributed by atoms with Crippen LogP contribution in [0.1, 0.15) is 0 Å². The van der Waals surface area contributed by atoms with Crippen molar-refractivity contribution in [2.24, 2.45) is 5.73 Å². The summed E-state index contributed by atoms with van der Waals surface area (Å²) in [5.74, 6) is -6.94. The molecule has 0 spiro atoms. The fourth-order valence-corrected chi connectivity index (χ4v) is 4.13. The van der Waals surface area contributed by atoms with Crippen LogP contribution >= 0.6 is 22.6 Å². The van der Waals surface area contributed by atoms with Crippen molar-refractivity contribution in [1.29, 1.82) is 0 Å². The predicted octanol–water partition coefficient (Wildman–Crippen LogP) is 0.721. The average molecular weight is 508 g/mol. The molecule has 7 nitrogen and oxygen atoms in total. The van der Waals surface area contributed by atoms with Crippen molar-refractivity contribution in [3.8, 4) is 0 Å². The minimum absolute atomic E-state index is 0.173. The van der Waals surface area contributed by atoms with Gasteiger partial charge in [-0.15, -0.1) is 0 Å². The minimum atomic E-state index is -7.03. The minimum Gasteiger partial charge on any atom is -0.329 e. The Morgan fingerprint density at radius 1 is 0.957 bits per heavy atom. The summed E-state index contributed by atoms with van der Waals surface area (Å²) in [6.07, 6.45) is 0. The van der Waals surface area contributed by atoms with Gasteiger partial charge >= 0.3 is 26.5 Å². The second kappa shape index (κ2) is 7.14. The molecule has 0 unspecified atom stereocenters. The van der Waals surface area contributed by atoms with E-state index in [1.165, 1.54) is 22.6 Å². The Labute approximate surface area is 141 Å². The van der Waals surface area contributed by atoms with Crippen molar-refractivity contribution in [2.45, 2.75) is 16.4 Å². The number of alkyl halides is 7. The molecule has 0 heterocycles. The van der Waals surface area contributed by atoms with E-state index in [1.54, 1.807) is 0 Å². The molecule has 140 valence electrons. The van der Waals surface area contributed by atoms with Crippen LogP contribution in [0.5, 0.6) is 0 Å². The van der Waals surface area contributed by atoms with E-state index < -0.39 is 56.2 Å². The number of hydrogen-bond donors (Lipinski definition) is 2. The topological polar surface area (TPSA) is 118 Å². The SMILES string of the molecule is NCCN(CCI)S(=O)(=O)C(F)(F)C(F)(F)C(F)(F)S(=O)(=O)O. The lowest BCUT2D eigenvalue weighted by Gasteiger charge is -2.33. The van der Waals surface area contributed by atoms with E-state index in [2.05, 4.69) is 0 Å². The van der Waals surface area contributed by atoms with Crippen LogP contribution in [-0.4, -0.2) is 66.2 Å². The summed E-state index contributed by atoms with van der Waals surface area (Å²) in [6.45, 7) is -2.25. The Bertz CT molecular complexity index is 619. The zero-order chi connectivity index (χ0) is 18.9. The third-order valence-corrected chi connectivity index (χ3v) is 5.77. The first-order chi connectivity index (χ1) is 10.0. The first-order valence-corrected chi connectivity index (χ1v) is 9.79. The van der Waals surface area contributed by atoms with E-state index in [-0.39, 0.29) is 8.73 Å². The lowest BCUT2D eigenvalue weighted by Crippen LogP contribution is -2.63. The van der Waals surface area contributed by atoms with Gasteiger partial charge in [0.1, 0.15) is 0 Å². The van der Waals surface area contributed by atoms with Crippen LogP contribution in [-0.2, 0) is 20.1 Å². The predicted molar refractivity (Wildman–Crippen MR) is 74.8 cm³/mol. The van der Waals surface area contributed by atoms with Gasteiger partial charge < -0.3 is 5.73 Å². The third kappa shape index (κ3) is 3.86. The van der Waals surface area contributed by atoms with Crippen LogP contribution in [0, 0.1) is 0 Å². The molecule has 0 saturated heterocycles. The Morgan fingerprint density at radius 2 is 1.39 bits per heavy atom. The Morgan fingerprint density at radius 3 is 1.70 bits per heavy atom. The molecular formula is C7H11F6IN2O5S2. The number of rotatable bonds is 9. The van der Waals surface area contributed by atoms with Gasteiger partial charge in [0.05, 0.1) is 0 Å². The molecule has 0 amide bonds. The van der Waals surface area contributed by atoms with E-state index in [0.717, 1.165) is 0 Å². The van der Waals surface area contributed by atoms with Crippen LogP contribution in [0.4, 0.5) is 26.3 Å². The first-order valence-electron chi connectivity index (χ1n) is 5.38. The number of nitrogens with zero attached hydrogens (tertiary/aromatic N) is 1. The second-order valence-corrected chi connectivity index (χ2v) is 8.49. The molecule has 0 bridgehead atoms. The van der Waals surface area contributed by atoms with Crippen LogP contribution in [0.15, 0.2) is 0 Å². The van der Waals surface area contributed by atoms with Crippen molar-refractivity contribution in [1.82, 2.24) is 4.31 Å². The average Bonchev–Trinajstić information content (AvgIpc) is 2.36. The van der Waals surface area contributed by atoms with Gasteiger partial charge in [-0.1, -0.05) is 22.6 Å². The second-order valence-electron chi connectivity index (χ2n) is 3.96. The van der Waals surface area contributed by atoms with E-state index in [0.29, 0.717) is 0 Å². The molecule has 0 aromatic rings. The van der Waals surface area contributed by atoms with Crippen molar-refractivity contribution in [2.75, 3.05) is 24.1 Å². The van der Waals surface area contributed by atoms with Gasteiger partial charge in [-0.05, 0) is 0 Å². The van der Waals surface area contributed by atoms with Crippen molar-refractivity contribution in [3.05, 3.63) is 0 Å². The molecule has 0 aliphatic heterocycles. The van der Waals surface area contributed by atoms with Gasteiger partial charge in [0.2, 0.25) is 0 Å². The van der Waals surface area contributed by atoms with Gasteiger partial charge in [0.25, 0.3) is 10.0 Å². The Balaban J connectivity index is 6.23. The van der Waals surface area contributed by atoms with Crippen LogP contribution in [0.2, 0.25) is 0 Å². The van der Waals surface area contributed by atoms with E-state index in [1.807, 2.05) is 0 Å². The fraction of sp³-hybridized carbons (Fsp3) is 1.00. The van der Waals surface area contributed by atoms with Crippen molar-refractivity contribution in [3.63, 3.8) is 0 Å². The summed E-state index contributed by atoms with van der Waals surface area (Å²) in [7, 11) is -13.4. The molecular weight excluding hydrogens is 497 g/mol. The molecule has 16 heteroatoms. The number of hydrogen-bond acceptors (Lipinski definition) is 5. The van der Waals surface area contributed by atoms with Gasteiger partial charge in [0.15, 0.2) is 0 Å². The Hall–Kier alpha value is 0.0900. The summed E-state index contributed by atoms with van der Waals surface area (Å²) < 4.78 is 131. The highest BCUT2D eigenvalue weighted by Crippen LogP contribution is 2.51. The molecule has 0 aliphatic carbocycles. The highest BCUT2D eigenvalue weighted by molar-refractivity contribution is 14.1. The number of sulfonamides is 1. The summed E-state index contributed by atoms with van der Waals surface area (Å²) in [6, 6.07) is 0. The zero-order valence-corrected chi connectivity index (χ0v) is 14.7. The quantitative estimate of drug-likeness (QED) is 0.205. The van der Waals surface area contributed by atoms with Crippen LogP contribution < -0.4 is 5.73 Å². The lowest BCUT2D eigenvalue weighted by atomic mass is 10.3. The zero-order valence-electron chi connectivity index (χ0n) is 10.9. The van der Waals surface area contributed by atoms with Gasteiger partial charge in [-0.3, -0.25) is 4.55 Å². The van der Waals surface area contributed by atoms with Gasteiger partial charge in [-0.25, -0.2) is 8.42 Å². The normalized spacial score (nSPS) is 15.2. The maximum atomic E-state index is 13.6. The molecule has 0 saturated carbocycles. The molecule has 0 fully saturated rings. The highest BCUT2D eigenvalue weighted by Gasteiger charge is 2.82. The molecule has 0 rings (SSSR count). The largest absolute Gasteiger partial charge is 0.439 e.